The quantitative estimate of drug-likeness (QED) is 0.657. The van der Waals surface area contributed by atoms with E-state index in [1.165, 1.54) is 12.1 Å². The first-order valence-electron chi connectivity index (χ1n) is 6.66. The Bertz CT molecular complexity index is 392. The second kappa shape index (κ2) is 7.20. The molecule has 0 unspecified atom stereocenters. The second-order valence-electron chi connectivity index (χ2n) is 4.64. The summed E-state index contributed by atoms with van der Waals surface area (Å²) in [6.07, 6.45) is 4.50. The number of allylic oxidation sites excluding steroid dienone is 1. The van der Waals surface area contributed by atoms with Gasteiger partial charge in [-0.05, 0) is 36.5 Å². The van der Waals surface area contributed by atoms with E-state index in [2.05, 4.69) is 20.4 Å². The fourth-order valence-corrected chi connectivity index (χ4v) is 2.34. The van der Waals surface area contributed by atoms with Crippen LogP contribution >= 0.6 is 0 Å². The van der Waals surface area contributed by atoms with Gasteiger partial charge in [-0.3, -0.25) is 0 Å². The minimum Gasteiger partial charge on any atom is -0.496 e. The molecule has 1 aromatic carbocycles. The van der Waals surface area contributed by atoms with Crippen molar-refractivity contribution in [2.24, 2.45) is 5.92 Å². The molecule has 0 amide bonds. The lowest BCUT2D eigenvalue weighted by Gasteiger charge is -2.20. The summed E-state index contributed by atoms with van der Waals surface area (Å²) in [7, 11) is 1.57. The maximum Gasteiger partial charge on any atom is 0.129 e. The predicted molar refractivity (Wildman–Crippen MR) is 75.3 cm³/mol. The minimum atomic E-state index is -0.272. The van der Waals surface area contributed by atoms with E-state index in [1.807, 2.05) is 0 Å². The molecule has 0 saturated heterocycles. The van der Waals surface area contributed by atoms with Crippen molar-refractivity contribution in [3.63, 3.8) is 0 Å². The fraction of sp³-hybridized carbons (Fsp3) is 0.500. The van der Waals surface area contributed by atoms with E-state index in [0.29, 0.717) is 11.7 Å². The lowest BCUT2D eigenvalue weighted by Crippen LogP contribution is -2.04. The van der Waals surface area contributed by atoms with Crippen LogP contribution in [0.1, 0.15) is 45.1 Å². The maximum absolute atomic E-state index is 13.2. The van der Waals surface area contributed by atoms with Gasteiger partial charge >= 0.3 is 0 Å². The lowest BCUT2D eigenvalue weighted by atomic mass is 9.86. The maximum atomic E-state index is 13.2. The van der Waals surface area contributed by atoms with Crippen LogP contribution in [-0.4, -0.2) is 7.11 Å². The smallest absolute Gasteiger partial charge is 0.129 e. The molecule has 0 aliphatic heterocycles. The molecule has 0 atom stereocenters. The molecule has 0 bridgehead atoms. The molecular weight excluding hydrogens is 227 g/mol. The van der Waals surface area contributed by atoms with E-state index in [9.17, 15) is 4.39 Å². The highest BCUT2D eigenvalue weighted by Crippen LogP contribution is 2.34. The Kier molecular flexibility index (Phi) is 5.90. The number of methoxy groups -OCH3 is 1. The SMILES string of the molecule is C=C(c1ccc(F)cc1OC)C(CCC)CCC. The first-order valence-corrected chi connectivity index (χ1v) is 6.66. The average Bonchev–Trinajstić information content (AvgIpc) is 2.37. The van der Waals surface area contributed by atoms with Gasteiger partial charge in [-0.25, -0.2) is 4.39 Å². The fourth-order valence-electron chi connectivity index (χ4n) is 2.34. The Balaban J connectivity index is 3.00. The monoisotopic (exact) mass is 250 g/mol. The molecule has 0 fully saturated rings. The molecule has 0 aliphatic carbocycles. The summed E-state index contributed by atoms with van der Waals surface area (Å²) in [6.45, 7) is 8.56. The van der Waals surface area contributed by atoms with Crippen LogP contribution in [0.5, 0.6) is 5.75 Å². The van der Waals surface area contributed by atoms with Gasteiger partial charge in [0, 0.05) is 11.6 Å². The zero-order chi connectivity index (χ0) is 13.5. The molecule has 0 spiro atoms. The van der Waals surface area contributed by atoms with Gasteiger partial charge in [0.05, 0.1) is 7.11 Å². The Labute approximate surface area is 110 Å². The highest BCUT2D eigenvalue weighted by atomic mass is 19.1. The molecule has 1 nitrogen and oxygen atoms in total. The van der Waals surface area contributed by atoms with E-state index in [-0.39, 0.29) is 5.82 Å². The topological polar surface area (TPSA) is 9.23 Å². The molecular formula is C16H23FO. The van der Waals surface area contributed by atoms with E-state index < -0.39 is 0 Å². The standard InChI is InChI=1S/C16H23FO/c1-5-7-13(8-6-2)12(3)15-10-9-14(17)11-16(15)18-4/h9-11,13H,3,5-8H2,1-2,4H3. The molecule has 0 N–H and O–H groups in total. The van der Waals surface area contributed by atoms with Crippen molar-refractivity contribution in [2.75, 3.05) is 7.11 Å². The Morgan fingerprint density at radius 1 is 1.28 bits per heavy atom. The average molecular weight is 250 g/mol. The molecule has 18 heavy (non-hydrogen) atoms. The summed E-state index contributed by atoms with van der Waals surface area (Å²) >= 11 is 0. The Morgan fingerprint density at radius 3 is 2.39 bits per heavy atom. The highest BCUT2D eigenvalue weighted by molar-refractivity contribution is 5.70. The summed E-state index contributed by atoms with van der Waals surface area (Å²) in [5.41, 5.74) is 2.00. The van der Waals surface area contributed by atoms with Crippen LogP contribution in [0.25, 0.3) is 5.57 Å². The van der Waals surface area contributed by atoms with Crippen LogP contribution in [-0.2, 0) is 0 Å². The third-order valence-corrected chi connectivity index (χ3v) is 3.28. The summed E-state index contributed by atoms with van der Waals surface area (Å²) in [4.78, 5) is 0. The number of rotatable bonds is 7. The van der Waals surface area contributed by atoms with Gasteiger partial charge in [0.15, 0.2) is 0 Å². The number of benzene rings is 1. The largest absolute Gasteiger partial charge is 0.496 e. The minimum absolute atomic E-state index is 0.272. The van der Waals surface area contributed by atoms with Crippen LogP contribution in [0, 0.1) is 11.7 Å². The van der Waals surface area contributed by atoms with Crippen molar-refractivity contribution >= 4 is 5.57 Å². The zero-order valence-corrected chi connectivity index (χ0v) is 11.6. The second-order valence-corrected chi connectivity index (χ2v) is 4.64. The van der Waals surface area contributed by atoms with Crippen LogP contribution in [0.3, 0.4) is 0 Å². The molecule has 100 valence electrons. The third-order valence-electron chi connectivity index (χ3n) is 3.28. The molecule has 0 radical (unpaired) electrons. The van der Waals surface area contributed by atoms with E-state index in [1.54, 1.807) is 13.2 Å². The number of hydrogen-bond donors (Lipinski definition) is 0. The van der Waals surface area contributed by atoms with Crippen LogP contribution in [0.15, 0.2) is 24.8 Å². The van der Waals surface area contributed by atoms with Crippen molar-refractivity contribution in [3.8, 4) is 5.75 Å². The third kappa shape index (κ3) is 3.59. The zero-order valence-electron chi connectivity index (χ0n) is 11.6. The Hall–Kier alpha value is -1.31. The number of ether oxygens (including phenoxy) is 1. The predicted octanol–water partition coefficient (Wildman–Crippen LogP) is 5.06. The van der Waals surface area contributed by atoms with Crippen LogP contribution in [0.2, 0.25) is 0 Å². The molecule has 0 heterocycles. The highest BCUT2D eigenvalue weighted by Gasteiger charge is 2.16. The van der Waals surface area contributed by atoms with Crippen molar-refractivity contribution in [1.29, 1.82) is 0 Å². The van der Waals surface area contributed by atoms with Gasteiger partial charge in [0.2, 0.25) is 0 Å². The summed E-state index contributed by atoms with van der Waals surface area (Å²) in [5.74, 6) is 0.766. The normalized spacial score (nSPS) is 10.7. The number of hydrogen-bond acceptors (Lipinski definition) is 1. The molecule has 0 aromatic heterocycles. The number of halogens is 1. The van der Waals surface area contributed by atoms with E-state index >= 15 is 0 Å². The van der Waals surface area contributed by atoms with Crippen LogP contribution < -0.4 is 4.74 Å². The lowest BCUT2D eigenvalue weighted by molar-refractivity contribution is 0.408. The van der Waals surface area contributed by atoms with Gasteiger partial charge < -0.3 is 4.74 Å². The molecule has 1 rings (SSSR count). The van der Waals surface area contributed by atoms with E-state index in [4.69, 9.17) is 4.74 Å². The van der Waals surface area contributed by atoms with Crippen molar-refractivity contribution < 1.29 is 9.13 Å². The van der Waals surface area contributed by atoms with Gasteiger partial charge in [-0.15, -0.1) is 0 Å². The van der Waals surface area contributed by atoms with Gasteiger partial charge in [-0.2, -0.15) is 0 Å². The molecule has 0 aliphatic rings. The van der Waals surface area contributed by atoms with Crippen LogP contribution in [0.4, 0.5) is 4.39 Å². The van der Waals surface area contributed by atoms with Crippen molar-refractivity contribution in [3.05, 3.63) is 36.2 Å². The Morgan fingerprint density at radius 2 is 1.89 bits per heavy atom. The molecule has 1 aromatic rings. The van der Waals surface area contributed by atoms with Crippen molar-refractivity contribution in [2.45, 2.75) is 39.5 Å². The van der Waals surface area contributed by atoms with Gasteiger partial charge in [0.25, 0.3) is 0 Å². The van der Waals surface area contributed by atoms with Gasteiger partial charge in [-0.1, -0.05) is 33.3 Å². The van der Waals surface area contributed by atoms with Gasteiger partial charge in [0.1, 0.15) is 11.6 Å². The summed E-state index contributed by atoms with van der Waals surface area (Å²) in [6, 6.07) is 4.67. The molecule has 0 saturated carbocycles. The van der Waals surface area contributed by atoms with Crippen molar-refractivity contribution in [1.82, 2.24) is 0 Å². The first-order chi connectivity index (χ1) is 8.63. The van der Waals surface area contributed by atoms with E-state index in [0.717, 1.165) is 36.8 Å². The summed E-state index contributed by atoms with van der Waals surface area (Å²) in [5, 5.41) is 0. The first kappa shape index (κ1) is 14.7. The summed E-state index contributed by atoms with van der Waals surface area (Å²) < 4.78 is 18.4. The molecule has 2 heteroatoms.